The lowest BCUT2D eigenvalue weighted by atomic mass is 9.76. The second-order valence-electron chi connectivity index (χ2n) is 5.60. The predicted molar refractivity (Wildman–Crippen MR) is 70.6 cm³/mol. The number of fused-ring (bicyclic) bond motifs is 2. The molecule has 3 heteroatoms. The van der Waals surface area contributed by atoms with E-state index in [0.717, 1.165) is 44.6 Å². The third-order valence-corrected chi connectivity index (χ3v) is 4.32. The van der Waals surface area contributed by atoms with Gasteiger partial charge < -0.3 is 14.5 Å². The molecule has 18 heavy (non-hydrogen) atoms. The van der Waals surface area contributed by atoms with Crippen LogP contribution < -0.4 is 5.32 Å². The minimum absolute atomic E-state index is 0.0652. The van der Waals surface area contributed by atoms with E-state index in [4.69, 9.17) is 9.15 Å². The molecule has 1 fully saturated rings. The summed E-state index contributed by atoms with van der Waals surface area (Å²) in [5.41, 5.74) is 1.25. The van der Waals surface area contributed by atoms with Crippen molar-refractivity contribution < 1.29 is 9.15 Å². The van der Waals surface area contributed by atoms with E-state index in [2.05, 4.69) is 18.3 Å². The zero-order chi connectivity index (χ0) is 12.4. The van der Waals surface area contributed by atoms with Crippen LogP contribution in [-0.2, 0) is 16.8 Å². The standard InChI is InChI=1S/C15H23NO2/c1-2-8-16-12-5-10-18-15(11-12)7-3-4-14-13(15)6-9-17-14/h6,9,12,16H,2-5,7-8,10-11H2,1H3. The molecular formula is C15H23NO2. The van der Waals surface area contributed by atoms with Gasteiger partial charge in [0.05, 0.1) is 11.9 Å². The van der Waals surface area contributed by atoms with Gasteiger partial charge in [0.2, 0.25) is 0 Å². The first-order valence-electron chi connectivity index (χ1n) is 7.28. The van der Waals surface area contributed by atoms with E-state index in [1.807, 2.05) is 6.26 Å². The Kier molecular flexibility index (Phi) is 3.44. The smallest absolute Gasteiger partial charge is 0.109 e. The van der Waals surface area contributed by atoms with Gasteiger partial charge in [0.1, 0.15) is 5.76 Å². The molecule has 0 saturated carbocycles. The summed E-state index contributed by atoms with van der Waals surface area (Å²) in [5, 5.41) is 3.66. The summed E-state index contributed by atoms with van der Waals surface area (Å²) in [5.74, 6) is 1.15. The van der Waals surface area contributed by atoms with Crippen LogP contribution in [-0.4, -0.2) is 19.2 Å². The number of ether oxygens (including phenoxy) is 1. The number of rotatable bonds is 3. The lowest BCUT2D eigenvalue weighted by Gasteiger charge is -2.43. The zero-order valence-corrected chi connectivity index (χ0v) is 11.2. The molecule has 0 amide bonds. The van der Waals surface area contributed by atoms with E-state index in [1.54, 1.807) is 0 Å². The topological polar surface area (TPSA) is 34.4 Å². The highest BCUT2D eigenvalue weighted by molar-refractivity contribution is 5.29. The van der Waals surface area contributed by atoms with Crippen molar-refractivity contribution in [1.29, 1.82) is 0 Å². The minimum Gasteiger partial charge on any atom is -0.469 e. The second-order valence-corrected chi connectivity index (χ2v) is 5.60. The Labute approximate surface area is 109 Å². The second kappa shape index (κ2) is 5.06. The summed E-state index contributed by atoms with van der Waals surface area (Å²) < 4.78 is 11.8. The Morgan fingerprint density at radius 1 is 1.50 bits per heavy atom. The lowest BCUT2D eigenvalue weighted by molar-refractivity contribution is -0.105. The van der Waals surface area contributed by atoms with Crippen molar-refractivity contribution in [3.8, 4) is 0 Å². The van der Waals surface area contributed by atoms with Gasteiger partial charge in [0.25, 0.3) is 0 Å². The molecule has 100 valence electrons. The van der Waals surface area contributed by atoms with Crippen molar-refractivity contribution in [2.75, 3.05) is 13.2 Å². The largest absolute Gasteiger partial charge is 0.469 e. The van der Waals surface area contributed by atoms with Crippen LogP contribution in [0.15, 0.2) is 16.7 Å². The highest BCUT2D eigenvalue weighted by Crippen LogP contribution is 2.44. The van der Waals surface area contributed by atoms with Crippen molar-refractivity contribution in [3.63, 3.8) is 0 Å². The molecule has 1 aliphatic heterocycles. The molecule has 2 atom stereocenters. The van der Waals surface area contributed by atoms with Crippen LogP contribution >= 0.6 is 0 Å². The van der Waals surface area contributed by atoms with Gasteiger partial charge >= 0.3 is 0 Å². The fourth-order valence-corrected chi connectivity index (χ4v) is 3.45. The SMILES string of the molecule is CCCNC1CCOC2(CCCc3occc32)C1. The molecule has 1 aliphatic carbocycles. The van der Waals surface area contributed by atoms with Crippen molar-refractivity contribution >= 4 is 0 Å². The van der Waals surface area contributed by atoms with Gasteiger partial charge in [-0.15, -0.1) is 0 Å². The van der Waals surface area contributed by atoms with Gasteiger partial charge in [0.15, 0.2) is 0 Å². The highest BCUT2D eigenvalue weighted by atomic mass is 16.5. The first kappa shape index (κ1) is 12.2. The Morgan fingerprint density at radius 2 is 2.44 bits per heavy atom. The third-order valence-electron chi connectivity index (χ3n) is 4.32. The molecule has 0 bridgehead atoms. The molecule has 0 radical (unpaired) electrons. The molecule has 1 saturated heterocycles. The van der Waals surface area contributed by atoms with E-state index in [9.17, 15) is 0 Å². The number of furan rings is 1. The quantitative estimate of drug-likeness (QED) is 0.894. The minimum atomic E-state index is -0.0652. The third kappa shape index (κ3) is 2.10. The summed E-state index contributed by atoms with van der Waals surface area (Å²) in [7, 11) is 0. The number of hydrogen-bond acceptors (Lipinski definition) is 3. The van der Waals surface area contributed by atoms with Crippen molar-refractivity contribution in [2.45, 2.75) is 57.1 Å². The molecule has 2 aliphatic rings. The van der Waals surface area contributed by atoms with Gasteiger partial charge in [0, 0.05) is 24.6 Å². The number of aryl methyl sites for hydroxylation is 1. The Morgan fingerprint density at radius 3 is 3.33 bits per heavy atom. The molecule has 3 rings (SSSR count). The van der Waals surface area contributed by atoms with E-state index in [1.165, 1.54) is 18.4 Å². The Bertz CT molecular complexity index is 401. The lowest BCUT2D eigenvalue weighted by Crippen LogP contribution is -2.46. The molecule has 2 heterocycles. The van der Waals surface area contributed by atoms with E-state index in [0.29, 0.717) is 6.04 Å². The summed E-state index contributed by atoms with van der Waals surface area (Å²) in [6, 6.07) is 2.72. The maximum absolute atomic E-state index is 6.20. The normalized spacial score (nSPS) is 31.5. The van der Waals surface area contributed by atoms with E-state index < -0.39 is 0 Å². The van der Waals surface area contributed by atoms with Crippen LogP contribution in [0.1, 0.15) is 50.4 Å². The zero-order valence-electron chi connectivity index (χ0n) is 11.2. The van der Waals surface area contributed by atoms with Crippen molar-refractivity contribution in [3.05, 3.63) is 23.7 Å². The molecule has 1 spiro atoms. The van der Waals surface area contributed by atoms with Gasteiger partial charge in [-0.2, -0.15) is 0 Å². The molecular weight excluding hydrogens is 226 g/mol. The van der Waals surface area contributed by atoms with Gasteiger partial charge in [-0.3, -0.25) is 0 Å². The van der Waals surface area contributed by atoms with Crippen LogP contribution in [0.3, 0.4) is 0 Å². The van der Waals surface area contributed by atoms with Crippen LogP contribution in [0.2, 0.25) is 0 Å². The molecule has 1 N–H and O–H groups in total. The van der Waals surface area contributed by atoms with Crippen LogP contribution in [0.4, 0.5) is 0 Å². The Balaban J connectivity index is 1.79. The van der Waals surface area contributed by atoms with Crippen molar-refractivity contribution in [2.24, 2.45) is 0 Å². The van der Waals surface area contributed by atoms with Gasteiger partial charge in [-0.05, 0) is 44.7 Å². The average molecular weight is 249 g/mol. The highest BCUT2D eigenvalue weighted by Gasteiger charge is 2.43. The van der Waals surface area contributed by atoms with E-state index >= 15 is 0 Å². The van der Waals surface area contributed by atoms with E-state index in [-0.39, 0.29) is 5.60 Å². The van der Waals surface area contributed by atoms with Crippen LogP contribution in [0, 0.1) is 0 Å². The maximum Gasteiger partial charge on any atom is 0.109 e. The monoisotopic (exact) mass is 249 g/mol. The predicted octanol–water partition coefficient (Wildman–Crippen LogP) is 2.99. The number of nitrogens with one attached hydrogen (secondary N) is 1. The summed E-state index contributed by atoms with van der Waals surface area (Å²) >= 11 is 0. The first-order chi connectivity index (χ1) is 8.84. The molecule has 1 aromatic rings. The fourth-order valence-electron chi connectivity index (χ4n) is 3.45. The maximum atomic E-state index is 6.20. The fraction of sp³-hybridized carbons (Fsp3) is 0.733. The first-order valence-corrected chi connectivity index (χ1v) is 7.28. The number of hydrogen-bond donors (Lipinski definition) is 1. The molecule has 2 unspecified atom stereocenters. The summed E-state index contributed by atoms with van der Waals surface area (Å²) in [6.45, 7) is 4.20. The average Bonchev–Trinajstić information content (AvgIpc) is 2.87. The summed E-state index contributed by atoms with van der Waals surface area (Å²) in [6.07, 6.45) is 8.64. The molecule has 0 aromatic carbocycles. The summed E-state index contributed by atoms with van der Waals surface area (Å²) in [4.78, 5) is 0. The van der Waals surface area contributed by atoms with Gasteiger partial charge in [-0.1, -0.05) is 6.92 Å². The molecule has 1 aromatic heterocycles. The van der Waals surface area contributed by atoms with Crippen LogP contribution in [0.25, 0.3) is 0 Å². The van der Waals surface area contributed by atoms with Gasteiger partial charge in [-0.25, -0.2) is 0 Å². The van der Waals surface area contributed by atoms with Crippen LogP contribution in [0.5, 0.6) is 0 Å². The van der Waals surface area contributed by atoms with Crippen molar-refractivity contribution in [1.82, 2.24) is 5.32 Å². The molecule has 3 nitrogen and oxygen atoms in total. The Hall–Kier alpha value is -0.800.